The highest BCUT2D eigenvalue weighted by molar-refractivity contribution is 7.89. The third-order valence-corrected chi connectivity index (χ3v) is 7.86. The molecule has 0 spiro atoms. The molecule has 0 amide bonds. The van der Waals surface area contributed by atoms with E-state index >= 15 is 0 Å². The SMILES string of the molecule is O=S(=O)(c1cn(C2CCCC2)nc1-c1cccs1)N1CCCCC1. The summed E-state index contributed by atoms with van der Waals surface area (Å²) in [6.07, 6.45) is 9.39. The van der Waals surface area contributed by atoms with Gasteiger partial charge in [-0.3, -0.25) is 4.68 Å². The van der Waals surface area contributed by atoms with Crippen LogP contribution < -0.4 is 0 Å². The lowest BCUT2D eigenvalue weighted by molar-refractivity contribution is 0.346. The van der Waals surface area contributed by atoms with Crippen molar-refractivity contribution in [2.45, 2.75) is 55.9 Å². The summed E-state index contributed by atoms with van der Waals surface area (Å²) in [7, 11) is -3.47. The highest BCUT2D eigenvalue weighted by Crippen LogP contribution is 2.36. The fourth-order valence-corrected chi connectivity index (χ4v) is 6.19. The molecule has 24 heavy (non-hydrogen) atoms. The first kappa shape index (κ1) is 16.3. The number of hydrogen-bond acceptors (Lipinski definition) is 4. The lowest BCUT2D eigenvalue weighted by Crippen LogP contribution is -2.35. The average Bonchev–Trinajstić information content (AvgIpc) is 3.34. The Balaban J connectivity index is 1.77. The third kappa shape index (κ3) is 2.93. The normalized spacial score (nSPS) is 20.7. The summed E-state index contributed by atoms with van der Waals surface area (Å²) >= 11 is 1.55. The molecule has 1 saturated carbocycles. The maximum absolute atomic E-state index is 13.2. The molecule has 5 nitrogen and oxygen atoms in total. The van der Waals surface area contributed by atoms with Crippen LogP contribution >= 0.6 is 11.3 Å². The van der Waals surface area contributed by atoms with E-state index in [1.165, 1.54) is 12.8 Å². The molecule has 7 heteroatoms. The Labute approximate surface area is 147 Å². The van der Waals surface area contributed by atoms with Gasteiger partial charge in [-0.1, -0.05) is 25.3 Å². The van der Waals surface area contributed by atoms with Gasteiger partial charge in [0.1, 0.15) is 10.6 Å². The maximum Gasteiger partial charge on any atom is 0.246 e. The minimum absolute atomic E-state index is 0.342. The molecule has 1 aliphatic carbocycles. The maximum atomic E-state index is 13.2. The summed E-state index contributed by atoms with van der Waals surface area (Å²) in [6, 6.07) is 4.25. The molecule has 1 aliphatic heterocycles. The van der Waals surface area contributed by atoms with E-state index in [-0.39, 0.29) is 0 Å². The van der Waals surface area contributed by atoms with Gasteiger partial charge in [0.05, 0.1) is 10.9 Å². The van der Waals surface area contributed by atoms with Gasteiger partial charge in [0.15, 0.2) is 0 Å². The first-order valence-corrected chi connectivity index (χ1v) is 11.1. The number of rotatable bonds is 4. The molecule has 2 aromatic rings. The highest BCUT2D eigenvalue weighted by atomic mass is 32.2. The Kier molecular flexibility index (Phi) is 4.49. The summed E-state index contributed by atoms with van der Waals surface area (Å²) in [5.74, 6) is 0. The number of piperidine rings is 1. The van der Waals surface area contributed by atoms with Gasteiger partial charge in [-0.2, -0.15) is 9.40 Å². The Bertz CT molecular complexity index is 784. The van der Waals surface area contributed by atoms with Gasteiger partial charge in [-0.15, -0.1) is 11.3 Å². The number of hydrogen-bond donors (Lipinski definition) is 0. The van der Waals surface area contributed by atoms with Crippen LogP contribution in [-0.4, -0.2) is 35.6 Å². The Hall–Kier alpha value is -1.18. The minimum atomic E-state index is -3.47. The number of nitrogens with zero attached hydrogens (tertiary/aromatic N) is 3. The van der Waals surface area contributed by atoms with Gasteiger partial charge < -0.3 is 0 Å². The van der Waals surface area contributed by atoms with Gasteiger partial charge in [-0.25, -0.2) is 8.42 Å². The molecule has 0 radical (unpaired) electrons. The summed E-state index contributed by atoms with van der Waals surface area (Å²) < 4.78 is 30.0. The fourth-order valence-electron chi connectivity index (χ4n) is 3.75. The van der Waals surface area contributed by atoms with Crippen LogP contribution in [0.15, 0.2) is 28.6 Å². The molecule has 0 bridgehead atoms. The predicted molar refractivity (Wildman–Crippen MR) is 95.7 cm³/mol. The largest absolute Gasteiger partial charge is 0.268 e. The zero-order valence-electron chi connectivity index (χ0n) is 13.7. The minimum Gasteiger partial charge on any atom is -0.268 e. The first-order chi connectivity index (χ1) is 11.7. The lowest BCUT2D eigenvalue weighted by atomic mass is 10.2. The zero-order valence-corrected chi connectivity index (χ0v) is 15.4. The van der Waals surface area contributed by atoms with E-state index in [4.69, 9.17) is 5.10 Å². The number of thiophene rings is 1. The molecule has 0 aromatic carbocycles. The van der Waals surface area contributed by atoms with E-state index in [2.05, 4.69) is 0 Å². The Morgan fingerprint density at radius 1 is 1.08 bits per heavy atom. The number of sulfonamides is 1. The molecule has 130 valence electrons. The Morgan fingerprint density at radius 3 is 2.50 bits per heavy atom. The van der Waals surface area contributed by atoms with E-state index in [0.29, 0.717) is 29.7 Å². The molecule has 0 unspecified atom stereocenters. The van der Waals surface area contributed by atoms with Crippen molar-refractivity contribution < 1.29 is 8.42 Å². The predicted octanol–water partition coefficient (Wildman–Crippen LogP) is 3.90. The molecular formula is C17H23N3O2S2. The van der Waals surface area contributed by atoms with Crippen LogP contribution in [-0.2, 0) is 10.0 Å². The zero-order chi connectivity index (χ0) is 16.6. The standard InChI is InChI=1S/C17H23N3O2S2/c21-24(22,19-10-4-1-5-11-19)16-13-20(14-7-2-3-8-14)18-17(16)15-9-6-12-23-15/h6,9,12-14H,1-5,7-8,10-11H2. The second-order valence-corrected chi connectivity index (χ2v) is 9.56. The molecule has 2 aromatic heterocycles. The summed E-state index contributed by atoms with van der Waals surface area (Å²) in [5, 5.41) is 6.69. The van der Waals surface area contributed by atoms with E-state index in [0.717, 1.165) is 37.0 Å². The van der Waals surface area contributed by atoms with Gasteiger partial charge in [0.2, 0.25) is 10.0 Å². The van der Waals surface area contributed by atoms with Crippen molar-refractivity contribution in [1.29, 1.82) is 0 Å². The molecule has 0 atom stereocenters. The van der Waals surface area contributed by atoms with Crippen molar-refractivity contribution >= 4 is 21.4 Å². The van der Waals surface area contributed by atoms with Crippen LogP contribution in [0.25, 0.3) is 10.6 Å². The lowest BCUT2D eigenvalue weighted by Gasteiger charge is -2.25. The monoisotopic (exact) mass is 365 g/mol. The molecule has 0 N–H and O–H groups in total. The smallest absolute Gasteiger partial charge is 0.246 e. The summed E-state index contributed by atoms with van der Waals surface area (Å²) in [4.78, 5) is 1.32. The Morgan fingerprint density at radius 2 is 1.83 bits per heavy atom. The molecule has 4 rings (SSSR count). The van der Waals surface area contributed by atoms with Gasteiger partial charge in [0.25, 0.3) is 0 Å². The van der Waals surface area contributed by atoms with Gasteiger partial charge in [-0.05, 0) is 37.1 Å². The second kappa shape index (κ2) is 6.61. The van der Waals surface area contributed by atoms with E-state index in [1.54, 1.807) is 21.8 Å². The molecular weight excluding hydrogens is 342 g/mol. The molecule has 2 fully saturated rings. The summed E-state index contributed by atoms with van der Waals surface area (Å²) in [6.45, 7) is 1.25. The fraction of sp³-hybridized carbons (Fsp3) is 0.588. The highest BCUT2D eigenvalue weighted by Gasteiger charge is 2.32. The third-order valence-electron chi connectivity index (χ3n) is 5.08. The van der Waals surface area contributed by atoms with Crippen LogP contribution in [0.3, 0.4) is 0 Å². The van der Waals surface area contributed by atoms with Crippen LogP contribution in [0.5, 0.6) is 0 Å². The van der Waals surface area contributed by atoms with E-state index < -0.39 is 10.0 Å². The number of aromatic nitrogens is 2. The van der Waals surface area contributed by atoms with Crippen LogP contribution in [0.4, 0.5) is 0 Å². The average molecular weight is 366 g/mol. The molecule has 1 saturated heterocycles. The van der Waals surface area contributed by atoms with Crippen LogP contribution in [0, 0.1) is 0 Å². The van der Waals surface area contributed by atoms with Crippen molar-refractivity contribution in [2.75, 3.05) is 13.1 Å². The van der Waals surface area contributed by atoms with Crippen LogP contribution in [0.1, 0.15) is 51.0 Å². The van der Waals surface area contributed by atoms with Crippen molar-refractivity contribution in [1.82, 2.24) is 14.1 Å². The van der Waals surface area contributed by atoms with Gasteiger partial charge >= 0.3 is 0 Å². The van der Waals surface area contributed by atoms with Crippen LogP contribution in [0.2, 0.25) is 0 Å². The molecule has 2 aliphatic rings. The van der Waals surface area contributed by atoms with Crippen molar-refractivity contribution in [2.24, 2.45) is 0 Å². The summed E-state index contributed by atoms with van der Waals surface area (Å²) in [5.41, 5.74) is 0.627. The molecule has 3 heterocycles. The van der Waals surface area contributed by atoms with E-state index in [1.807, 2.05) is 22.2 Å². The van der Waals surface area contributed by atoms with Crippen molar-refractivity contribution in [3.63, 3.8) is 0 Å². The van der Waals surface area contributed by atoms with Crippen molar-refractivity contribution in [3.05, 3.63) is 23.7 Å². The topological polar surface area (TPSA) is 55.2 Å². The van der Waals surface area contributed by atoms with Crippen molar-refractivity contribution in [3.8, 4) is 10.6 Å². The second-order valence-electron chi connectivity index (χ2n) is 6.70. The first-order valence-electron chi connectivity index (χ1n) is 8.79. The quantitative estimate of drug-likeness (QED) is 0.826. The van der Waals surface area contributed by atoms with Gasteiger partial charge in [0, 0.05) is 19.3 Å². The van der Waals surface area contributed by atoms with E-state index in [9.17, 15) is 8.42 Å².